The number of thiazole rings is 1. The molecule has 2 fully saturated rings. The van der Waals surface area contributed by atoms with Crippen molar-refractivity contribution in [3.05, 3.63) is 15.4 Å². The molecule has 2 aliphatic rings. The summed E-state index contributed by atoms with van der Waals surface area (Å²) in [5.74, 6) is 0.524. The maximum absolute atomic E-state index is 12.6. The molecule has 0 atom stereocenters. The lowest BCUT2D eigenvalue weighted by Gasteiger charge is -2.20. The molecule has 1 heterocycles. The minimum Gasteiger partial charge on any atom is -0.315 e. The maximum atomic E-state index is 12.6. The van der Waals surface area contributed by atoms with Gasteiger partial charge in [-0.15, -0.1) is 0 Å². The minimum atomic E-state index is -3.48. The number of hydrogen-bond donors (Lipinski definition) is 1. The summed E-state index contributed by atoms with van der Waals surface area (Å²) in [5, 5.41) is 0. The third-order valence-electron chi connectivity index (χ3n) is 3.41. The largest absolute Gasteiger partial charge is 0.315 e. The second-order valence-electron chi connectivity index (χ2n) is 5.18. The molecule has 2 aliphatic carbocycles. The highest BCUT2D eigenvalue weighted by Gasteiger charge is 2.42. The lowest BCUT2D eigenvalue weighted by Crippen LogP contribution is -2.34. The first-order valence-corrected chi connectivity index (χ1v) is 8.45. The van der Waals surface area contributed by atoms with Crippen molar-refractivity contribution in [1.29, 1.82) is 0 Å². The third kappa shape index (κ3) is 2.26. The zero-order chi connectivity index (χ0) is 12.9. The van der Waals surface area contributed by atoms with Gasteiger partial charge in [-0.2, -0.15) is 4.31 Å². The summed E-state index contributed by atoms with van der Waals surface area (Å²) in [6, 6.07) is 0.159. The highest BCUT2D eigenvalue weighted by molar-refractivity contribution is 7.91. The van der Waals surface area contributed by atoms with Crippen molar-refractivity contribution < 1.29 is 8.42 Å². The molecule has 0 aliphatic heterocycles. The van der Waals surface area contributed by atoms with Crippen LogP contribution in [-0.4, -0.2) is 30.3 Å². The van der Waals surface area contributed by atoms with Crippen LogP contribution in [0.5, 0.6) is 0 Å². The molecule has 0 aromatic carbocycles. The molecular formula is C11H16N2O3S2. The van der Waals surface area contributed by atoms with Crippen molar-refractivity contribution >= 4 is 21.4 Å². The molecule has 7 heteroatoms. The van der Waals surface area contributed by atoms with Gasteiger partial charge in [-0.1, -0.05) is 11.3 Å². The van der Waals surface area contributed by atoms with Crippen LogP contribution in [0.3, 0.4) is 0 Å². The van der Waals surface area contributed by atoms with E-state index in [4.69, 9.17) is 0 Å². The van der Waals surface area contributed by atoms with Crippen LogP contribution in [0.2, 0.25) is 0 Å². The molecule has 1 aromatic rings. The standard InChI is InChI=1S/C11H16N2O3S2/c1-7-10(17-11(14)12-7)18(15,16)13(9-4-5-9)6-8-2-3-8/h8-9H,2-6H2,1H3,(H,12,14). The molecule has 3 rings (SSSR count). The van der Waals surface area contributed by atoms with Crippen molar-refractivity contribution in [2.24, 2.45) is 5.92 Å². The van der Waals surface area contributed by atoms with Gasteiger partial charge in [0.1, 0.15) is 0 Å². The molecule has 0 saturated heterocycles. The minimum absolute atomic E-state index is 0.159. The van der Waals surface area contributed by atoms with Gasteiger partial charge in [0.2, 0.25) is 0 Å². The van der Waals surface area contributed by atoms with Gasteiger partial charge in [-0.05, 0) is 38.5 Å². The SMILES string of the molecule is Cc1[nH]c(=O)sc1S(=O)(=O)N(CC1CC1)C1CC1. The number of H-pyrrole nitrogens is 1. The summed E-state index contributed by atoms with van der Waals surface area (Å²) in [6.07, 6.45) is 4.15. The molecule has 0 unspecified atom stereocenters. The first kappa shape index (κ1) is 12.4. The number of aromatic amines is 1. The molecule has 1 aromatic heterocycles. The van der Waals surface area contributed by atoms with E-state index >= 15 is 0 Å². The average Bonchev–Trinajstić information content (AvgIpc) is 3.15. The number of hydrogen-bond acceptors (Lipinski definition) is 4. The third-order valence-corrected chi connectivity index (χ3v) is 6.91. The van der Waals surface area contributed by atoms with Gasteiger partial charge in [0.15, 0.2) is 4.21 Å². The van der Waals surface area contributed by atoms with E-state index in [9.17, 15) is 13.2 Å². The monoisotopic (exact) mass is 288 g/mol. The highest BCUT2D eigenvalue weighted by atomic mass is 32.2. The lowest BCUT2D eigenvalue weighted by molar-refractivity contribution is 0.389. The first-order valence-electron chi connectivity index (χ1n) is 6.20. The summed E-state index contributed by atoms with van der Waals surface area (Å²) in [4.78, 5) is 13.5. The molecule has 0 radical (unpaired) electrons. The summed E-state index contributed by atoms with van der Waals surface area (Å²) in [7, 11) is -3.48. The van der Waals surface area contributed by atoms with E-state index in [0.717, 1.165) is 37.0 Å². The number of aromatic nitrogens is 1. The van der Waals surface area contributed by atoms with E-state index in [1.165, 1.54) is 0 Å². The Morgan fingerprint density at radius 3 is 2.44 bits per heavy atom. The number of rotatable bonds is 5. The number of nitrogens with one attached hydrogen (secondary N) is 1. The molecule has 1 N–H and O–H groups in total. The molecule has 0 spiro atoms. The smallest absolute Gasteiger partial charge is 0.305 e. The fourth-order valence-electron chi connectivity index (χ4n) is 2.10. The molecule has 18 heavy (non-hydrogen) atoms. The van der Waals surface area contributed by atoms with E-state index in [0.29, 0.717) is 18.2 Å². The zero-order valence-corrected chi connectivity index (χ0v) is 11.8. The highest BCUT2D eigenvalue weighted by Crippen LogP contribution is 2.38. The topological polar surface area (TPSA) is 70.2 Å². The van der Waals surface area contributed by atoms with Gasteiger partial charge in [-0.3, -0.25) is 4.79 Å². The van der Waals surface area contributed by atoms with Crippen LogP contribution < -0.4 is 4.87 Å². The van der Waals surface area contributed by atoms with E-state index in [-0.39, 0.29) is 15.1 Å². The second kappa shape index (κ2) is 4.18. The Morgan fingerprint density at radius 1 is 1.33 bits per heavy atom. The van der Waals surface area contributed by atoms with Gasteiger partial charge in [0.05, 0.1) is 0 Å². The van der Waals surface area contributed by atoms with E-state index < -0.39 is 10.0 Å². The Labute approximate surface area is 110 Å². The molecule has 5 nitrogen and oxygen atoms in total. The fraction of sp³-hybridized carbons (Fsp3) is 0.727. The van der Waals surface area contributed by atoms with Gasteiger partial charge < -0.3 is 4.98 Å². The van der Waals surface area contributed by atoms with Crippen LogP contribution in [0.4, 0.5) is 0 Å². The van der Waals surface area contributed by atoms with Crippen LogP contribution in [0.25, 0.3) is 0 Å². The Hall–Kier alpha value is -0.660. The van der Waals surface area contributed by atoms with Gasteiger partial charge in [0, 0.05) is 18.3 Å². The quantitative estimate of drug-likeness (QED) is 0.888. The van der Waals surface area contributed by atoms with E-state index in [2.05, 4.69) is 4.98 Å². The van der Waals surface area contributed by atoms with Gasteiger partial charge in [-0.25, -0.2) is 8.42 Å². The van der Waals surface area contributed by atoms with Crippen molar-refractivity contribution in [2.45, 2.75) is 42.9 Å². The lowest BCUT2D eigenvalue weighted by atomic mass is 10.4. The van der Waals surface area contributed by atoms with Crippen molar-refractivity contribution in [1.82, 2.24) is 9.29 Å². The Morgan fingerprint density at radius 2 is 2.00 bits per heavy atom. The van der Waals surface area contributed by atoms with Crippen molar-refractivity contribution in [3.63, 3.8) is 0 Å². The summed E-state index contributed by atoms with van der Waals surface area (Å²) in [6.45, 7) is 2.27. The average molecular weight is 288 g/mol. The molecule has 2 saturated carbocycles. The van der Waals surface area contributed by atoms with Gasteiger partial charge >= 0.3 is 4.87 Å². The number of sulfonamides is 1. The van der Waals surface area contributed by atoms with Crippen LogP contribution >= 0.6 is 11.3 Å². The van der Waals surface area contributed by atoms with Crippen molar-refractivity contribution in [2.75, 3.05) is 6.54 Å². The molecule has 100 valence electrons. The second-order valence-corrected chi connectivity index (χ2v) is 8.25. The van der Waals surface area contributed by atoms with Crippen LogP contribution in [0.15, 0.2) is 9.00 Å². The first-order chi connectivity index (χ1) is 8.48. The number of nitrogens with zero attached hydrogens (tertiary/aromatic N) is 1. The van der Waals surface area contributed by atoms with Crippen LogP contribution in [0, 0.1) is 12.8 Å². The Bertz CT molecular complexity index is 608. The van der Waals surface area contributed by atoms with Crippen molar-refractivity contribution in [3.8, 4) is 0 Å². The number of aryl methyl sites for hydroxylation is 1. The van der Waals surface area contributed by atoms with E-state index in [1.54, 1.807) is 11.2 Å². The molecular weight excluding hydrogens is 272 g/mol. The fourth-order valence-corrected chi connectivity index (χ4v) is 5.28. The zero-order valence-electron chi connectivity index (χ0n) is 10.2. The molecule has 0 bridgehead atoms. The normalized spacial score (nSPS) is 20.6. The summed E-state index contributed by atoms with van der Waals surface area (Å²) >= 11 is 0.802. The summed E-state index contributed by atoms with van der Waals surface area (Å²) in [5.41, 5.74) is 0.464. The van der Waals surface area contributed by atoms with Crippen LogP contribution in [0.1, 0.15) is 31.4 Å². The van der Waals surface area contributed by atoms with Crippen LogP contribution in [-0.2, 0) is 10.0 Å². The summed E-state index contributed by atoms with van der Waals surface area (Å²) < 4.78 is 27.0. The van der Waals surface area contributed by atoms with E-state index in [1.807, 2.05) is 0 Å². The predicted molar refractivity (Wildman–Crippen MR) is 69.3 cm³/mol. The molecule has 0 amide bonds. The van der Waals surface area contributed by atoms with Gasteiger partial charge in [0.25, 0.3) is 10.0 Å². The Kier molecular flexibility index (Phi) is 2.87. The Balaban J connectivity index is 1.95. The maximum Gasteiger partial charge on any atom is 0.305 e. The predicted octanol–water partition coefficient (Wildman–Crippen LogP) is 1.31.